The molecule has 2 unspecified atom stereocenters. The number of nitrogens with zero attached hydrogens (tertiary/aromatic N) is 5. The van der Waals surface area contributed by atoms with Gasteiger partial charge < -0.3 is 29.5 Å². The summed E-state index contributed by atoms with van der Waals surface area (Å²) in [5.41, 5.74) is 9.74. The number of ether oxygens (including phenoxy) is 1. The lowest BCUT2D eigenvalue weighted by Gasteiger charge is -2.27. The van der Waals surface area contributed by atoms with E-state index in [-0.39, 0.29) is 18.0 Å². The van der Waals surface area contributed by atoms with Gasteiger partial charge in [0, 0.05) is 49.4 Å². The zero-order valence-corrected chi connectivity index (χ0v) is 24.0. The first-order valence-electron chi connectivity index (χ1n) is 14.7. The van der Waals surface area contributed by atoms with Crippen LogP contribution in [0.4, 0.5) is 0 Å². The summed E-state index contributed by atoms with van der Waals surface area (Å²) in [6.45, 7) is 1.46. The summed E-state index contributed by atoms with van der Waals surface area (Å²) in [7, 11) is 3.56. The number of imidazole rings is 1. The van der Waals surface area contributed by atoms with Crippen LogP contribution in [0.15, 0.2) is 46.1 Å². The van der Waals surface area contributed by atoms with Gasteiger partial charge in [0.05, 0.1) is 29.6 Å². The van der Waals surface area contributed by atoms with Gasteiger partial charge in [0.25, 0.3) is 11.5 Å². The SMILES string of the molecule is COc1cc(C(=O)N2CC3CCC2[C@@H]3N)cc2nc(-c3cc4ccc(-c5c[nH]c(=O)[nH]c5=O)nc4n3CC3CC3)n(C)c12. The Morgan fingerprint density at radius 1 is 1.12 bits per heavy atom. The number of methoxy groups -OCH3 is 1. The molecule has 2 aliphatic carbocycles. The highest BCUT2D eigenvalue weighted by molar-refractivity contribution is 6.00. The number of aromatic amines is 2. The monoisotopic (exact) mass is 580 g/mol. The topological polar surface area (TPSA) is 157 Å². The smallest absolute Gasteiger partial charge is 0.325 e. The molecule has 1 aliphatic heterocycles. The van der Waals surface area contributed by atoms with Crippen molar-refractivity contribution in [2.75, 3.05) is 13.7 Å². The zero-order chi connectivity index (χ0) is 29.6. The average molecular weight is 581 g/mol. The Balaban J connectivity index is 1.25. The van der Waals surface area contributed by atoms with E-state index in [0.717, 1.165) is 60.3 Å². The van der Waals surface area contributed by atoms with Crippen molar-refractivity contribution in [2.24, 2.45) is 24.6 Å². The van der Waals surface area contributed by atoms with E-state index < -0.39 is 11.2 Å². The molecule has 3 atom stereocenters. The van der Waals surface area contributed by atoms with E-state index in [2.05, 4.69) is 20.6 Å². The van der Waals surface area contributed by atoms with Crippen LogP contribution in [0.2, 0.25) is 0 Å². The molecular weight excluding hydrogens is 548 g/mol. The molecule has 3 aliphatic rings. The van der Waals surface area contributed by atoms with E-state index in [0.29, 0.717) is 46.5 Å². The largest absolute Gasteiger partial charge is 0.494 e. The second-order valence-electron chi connectivity index (χ2n) is 12.2. The van der Waals surface area contributed by atoms with Crippen molar-refractivity contribution in [3.8, 4) is 28.5 Å². The van der Waals surface area contributed by atoms with E-state index in [1.807, 2.05) is 34.7 Å². The third kappa shape index (κ3) is 4.03. The lowest BCUT2D eigenvalue weighted by Crippen LogP contribution is -2.41. The highest BCUT2D eigenvalue weighted by Gasteiger charge is 2.47. The van der Waals surface area contributed by atoms with Gasteiger partial charge in [0.1, 0.15) is 16.9 Å². The lowest BCUT2D eigenvalue weighted by atomic mass is 10.1. The van der Waals surface area contributed by atoms with Gasteiger partial charge in [-0.15, -0.1) is 0 Å². The summed E-state index contributed by atoms with van der Waals surface area (Å²) in [6, 6.07) is 9.57. The van der Waals surface area contributed by atoms with Crippen LogP contribution in [0.25, 0.3) is 44.8 Å². The Morgan fingerprint density at radius 3 is 2.65 bits per heavy atom. The number of carbonyl (C=O) groups is 1. The predicted molar refractivity (Wildman–Crippen MR) is 161 cm³/mol. The van der Waals surface area contributed by atoms with Crippen LogP contribution >= 0.6 is 0 Å². The Labute approximate surface area is 245 Å². The maximum Gasteiger partial charge on any atom is 0.325 e. The number of aromatic nitrogens is 6. The molecule has 5 aromatic rings. The van der Waals surface area contributed by atoms with E-state index in [1.54, 1.807) is 13.2 Å². The van der Waals surface area contributed by atoms with Gasteiger partial charge in [-0.2, -0.15) is 0 Å². The maximum absolute atomic E-state index is 13.7. The Kier molecular flexibility index (Phi) is 5.67. The van der Waals surface area contributed by atoms with Crippen molar-refractivity contribution in [3.63, 3.8) is 0 Å². The number of pyridine rings is 1. The third-order valence-electron chi connectivity index (χ3n) is 9.52. The van der Waals surface area contributed by atoms with Gasteiger partial charge in [-0.05, 0) is 67.9 Å². The van der Waals surface area contributed by atoms with Gasteiger partial charge in [0.2, 0.25) is 0 Å². The molecule has 3 fully saturated rings. The summed E-state index contributed by atoms with van der Waals surface area (Å²) in [4.78, 5) is 54.4. The molecule has 2 saturated carbocycles. The van der Waals surface area contributed by atoms with Crippen molar-refractivity contribution >= 4 is 28.0 Å². The molecule has 5 heterocycles. The number of nitrogens with two attached hydrogens (primary N) is 1. The molecule has 1 aromatic carbocycles. The summed E-state index contributed by atoms with van der Waals surface area (Å²) in [6.07, 6.45) is 5.70. The van der Waals surface area contributed by atoms with Crippen LogP contribution in [0.1, 0.15) is 36.0 Å². The fourth-order valence-corrected chi connectivity index (χ4v) is 7.07. The summed E-state index contributed by atoms with van der Waals surface area (Å²) < 4.78 is 9.98. The molecule has 4 N–H and O–H groups in total. The minimum atomic E-state index is -0.562. The van der Waals surface area contributed by atoms with Gasteiger partial charge >= 0.3 is 5.69 Å². The van der Waals surface area contributed by atoms with E-state index in [9.17, 15) is 14.4 Å². The summed E-state index contributed by atoms with van der Waals surface area (Å²) in [5, 5.41) is 0.913. The molecule has 12 heteroatoms. The number of hydrogen-bond donors (Lipinski definition) is 3. The van der Waals surface area contributed by atoms with Crippen molar-refractivity contribution in [2.45, 2.75) is 44.3 Å². The molecule has 0 radical (unpaired) electrons. The minimum absolute atomic E-state index is 0.0353. The lowest BCUT2D eigenvalue weighted by molar-refractivity contribution is 0.0700. The number of nitrogens with one attached hydrogen (secondary N) is 2. The number of amides is 1. The molecule has 8 rings (SSSR count). The molecule has 0 spiro atoms. The van der Waals surface area contributed by atoms with E-state index >= 15 is 0 Å². The molecule has 220 valence electrons. The number of carbonyl (C=O) groups excluding carboxylic acids is 1. The maximum atomic E-state index is 13.7. The van der Waals surface area contributed by atoms with Crippen LogP contribution in [-0.2, 0) is 13.6 Å². The van der Waals surface area contributed by atoms with E-state index in [4.69, 9.17) is 20.4 Å². The normalized spacial score (nSPS) is 21.4. The molecule has 1 amide bonds. The standard InChI is InChI=1S/C31H32N8O4/c1-37-26-21(9-18(11-24(26)43-2)30(41)39-14-17-6-8-22(39)25(17)32)35-28(37)23-10-16-5-7-20(19-12-33-31(42)36-29(19)40)34-27(16)38(23)13-15-3-4-15/h5,7,9-12,15,17,22,25H,3-4,6,8,13-14,32H2,1-2H3,(H2,33,36,40,42)/t17?,22?,25-/m1/s1. The van der Waals surface area contributed by atoms with Crippen LogP contribution < -0.4 is 21.7 Å². The second-order valence-corrected chi connectivity index (χ2v) is 12.2. The summed E-state index contributed by atoms with van der Waals surface area (Å²) >= 11 is 0. The number of piperidine rings is 1. The highest BCUT2D eigenvalue weighted by atomic mass is 16.5. The van der Waals surface area contributed by atoms with Gasteiger partial charge in [-0.3, -0.25) is 14.6 Å². The number of likely N-dealkylation sites (tertiary alicyclic amines) is 1. The molecular formula is C31H32N8O4. The number of hydrogen-bond acceptors (Lipinski definition) is 7. The highest BCUT2D eigenvalue weighted by Crippen LogP contribution is 2.40. The molecule has 4 aromatic heterocycles. The zero-order valence-electron chi connectivity index (χ0n) is 24.0. The predicted octanol–water partition coefficient (Wildman–Crippen LogP) is 2.61. The van der Waals surface area contributed by atoms with Crippen molar-refractivity contribution in [1.29, 1.82) is 0 Å². The van der Waals surface area contributed by atoms with Crippen molar-refractivity contribution < 1.29 is 9.53 Å². The number of benzene rings is 1. The van der Waals surface area contributed by atoms with Crippen molar-refractivity contribution in [3.05, 3.63) is 62.9 Å². The van der Waals surface area contributed by atoms with Crippen LogP contribution in [0, 0.1) is 11.8 Å². The number of fused-ring (bicyclic) bond motifs is 4. The molecule has 2 bridgehead atoms. The number of aryl methyl sites for hydroxylation is 1. The fraction of sp³-hybridized carbons (Fsp3) is 0.387. The first-order valence-corrected chi connectivity index (χ1v) is 14.7. The van der Waals surface area contributed by atoms with Gasteiger partial charge in [0.15, 0.2) is 5.82 Å². The second kappa shape index (κ2) is 9.40. The number of H-pyrrole nitrogens is 2. The first-order chi connectivity index (χ1) is 20.8. The quantitative estimate of drug-likeness (QED) is 0.279. The minimum Gasteiger partial charge on any atom is -0.494 e. The molecule has 43 heavy (non-hydrogen) atoms. The van der Waals surface area contributed by atoms with Crippen LogP contribution in [0.3, 0.4) is 0 Å². The fourth-order valence-electron chi connectivity index (χ4n) is 7.07. The Bertz CT molecular complexity index is 2070. The van der Waals surface area contributed by atoms with Gasteiger partial charge in [-0.1, -0.05) is 0 Å². The molecule has 12 nitrogen and oxygen atoms in total. The van der Waals surface area contributed by atoms with Crippen molar-refractivity contribution in [1.82, 2.24) is 34.0 Å². The number of rotatable bonds is 6. The third-order valence-corrected chi connectivity index (χ3v) is 9.52. The molecule has 1 saturated heterocycles. The van der Waals surface area contributed by atoms with Crippen LogP contribution in [-0.4, -0.2) is 65.6 Å². The summed E-state index contributed by atoms with van der Waals surface area (Å²) in [5.74, 6) is 2.17. The Hall–Kier alpha value is -4.71. The Morgan fingerprint density at radius 2 is 1.95 bits per heavy atom. The van der Waals surface area contributed by atoms with E-state index in [1.165, 1.54) is 6.20 Å². The van der Waals surface area contributed by atoms with Gasteiger partial charge in [-0.25, -0.2) is 14.8 Å². The average Bonchev–Trinajstić information content (AvgIpc) is 3.41. The first kappa shape index (κ1) is 26.0. The van der Waals surface area contributed by atoms with Crippen LogP contribution in [0.5, 0.6) is 5.75 Å².